The van der Waals surface area contributed by atoms with Crippen molar-refractivity contribution < 1.29 is 9.53 Å². The standard InChI is InChI=1S/C19H15ClN2O2S/c1-24-17-10-6-5-9-16(17)22-18(23)15(21-19(22)25)12-14(20)11-13-7-3-2-4-8-13/h2-12H,1H3,(H,21,25)/b14-11-,15-12+. The average Bonchev–Trinajstić information content (AvgIpc) is 2.89. The number of nitrogens with zero attached hydrogens (tertiary/aromatic N) is 1. The molecule has 1 heterocycles. The molecule has 0 aromatic heterocycles. The number of allylic oxidation sites excluding steroid dienone is 2. The van der Waals surface area contributed by atoms with E-state index in [4.69, 9.17) is 28.6 Å². The van der Waals surface area contributed by atoms with Gasteiger partial charge in [-0.2, -0.15) is 0 Å². The number of rotatable bonds is 4. The number of anilines is 1. The molecule has 6 heteroatoms. The lowest BCUT2D eigenvalue weighted by atomic mass is 10.2. The Morgan fingerprint density at radius 1 is 1.16 bits per heavy atom. The lowest BCUT2D eigenvalue weighted by molar-refractivity contribution is -0.113. The van der Waals surface area contributed by atoms with Crippen LogP contribution in [0.15, 0.2) is 71.4 Å². The number of nitrogens with one attached hydrogen (secondary N) is 1. The van der Waals surface area contributed by atoms with Crippen LogP contribution in [-0.2, 0) is 4.79 Å². The number of methoxy groups -OCH3 is 1. The van der Waals surface area contributed by atoms with E-state index in [-0.39, 0.29) is 11.0 Å². The number of hydrogen-bond acceptors (Lipinski definition) is 3. The summed E-state index contributed by atoms with van der Waals surface area (Å²) in [5, 5.41) is 3.61. The van der Waals surface area contributed by atoms with Crippen molar-refractivity contribution in [1.29, 1.82) is 0 Å². The highest BCUT2D eigenvalue weighted by Gasteiger charge is 2.33. The molecule has 1 aliphatic heterocycles. The Bertz CT molecular complexity index is 878. The first kappa shape index (κ1) is 17.2. The molecule has 1 N–H and O–H groups in total. The fraction of sp³-hybridized carbons (Fsp3) is 0.0526. The molecule has 0 saturated carbocycles. The lowest BCUT2D eigenvalue weighted by Gasteiger charge is -2.17. The van der Waals surface area contributed by atoms with Crippen LogP contribution in [-0.4, -0.2) is 18.1 Å². The van der Waals surface area contributed by atoms with Crippen LogP contribution < -0.4 is 15.0 Å². The quantitative estimate of drug-likeness (QED) is 0.650. The van der Waals surface area contributed by atoms with Gasteiger partial charge in [0.25, 0.3) is 5.91 Å². The first-order valence-corrected chi connectivity index (χ1v) is 8.31. The van der Waals surface area contributed by atoms with Crippen molar-refractivity contribution in [3.63, 3.8) is 0 Å². The van der Waals surface area contributed by atoms with Crippen LogP contribution in [0, 0.1) is 0 Å². The topological polar surface area (TPSA) is 41.6 Å². The minimum absolute atomic E-state index is 0.282. The highest BCUT2D eigenvalue weighted by atomic mass is 35.5. The minimum Gasteiger partial charge on any atom is -0.495 e. The number of ether oxygens (including phenoxy) is 1. The van der Waals surface area contributed by atoms with E-state index in [1.807, 2.05) is 42.5 Å². The van der Waals surface area contributed by atoms with Gasteiger partial charge in [-0.05, 0) is 42.1 Å². The number of benzene rings is 2. The fourth-order valence-electron chi connectivity index (χ4n) is 2.46. The molecule has 0 radical (unpaired) electrons. The normalized spacial score (nSPS) is 16.3. The molecular formula is C19H15ClN2O2S. The third-order valence-corrected chi connectivity index (χ3v) is 4.09. The zero-order valence-corrected chi connectivity index (χ0v) is 15.0. The summed E-state index contributed by atoms with van der Waals surface area (Å²) >= 11 is 11.6. The number of hydrogen-bond donors (Lipinski definition) is 1. The van der Waals surface area contributed by atoms with E-state index in [9.17, 15) is 4.79 Å². The molecule has 2 aromatic carbocycles. The van der Waals surface area contributed by atoms with Crippen molar-refractivity contribution in [1.82, 2.24) is 5.32 Å². The molecule has 0 atom stereocenters. The Morgan fingerprint density at radius 3 is 2.56 bits per heavy atom. The van der Waals surface area contributed by atoms with Gasteiger partial charge in [-0.3, -0.25) is 4.79 Å². The van der Waals surface area contributed by atoms with Crippen molar-refractivity contribution >= 4 is 46.6 Å². The molecule has 0 aliphatic carbocycles. The Kier molecular flexibility index (Phi) is 5.16. The number of carbonyl (C=O) groups is 1. The molecule has 1 aliphatic rings. The van der Waals surface area contributed by atoms with Gasteiger partial charge in [0.2, 0.25) is 0 Å². The van der Waals surface area contributed by atoms with E-state index in [2.05, 4.69) is 5.32 Å². The summed E-state index contributed by atoms with van der Waals surface area (Å²) in [6.45, 7) is 0. The third kappa shape index (κ3) is 3.73. The Labute approximate surface area is 156 Å². The second kappa shape index (κ2) is 7.51. The van der Waals surface area contributed by atoms with E-state index >= 15 is 0 Å². The molecule has 1 saturated heterocycles. The highest BCUT2D eigenvalue weighted by molar-refractivity contribution is 7.80. The molecular weight excluding hydrogens is 356 g/mol. The first-order chi connectivity index (χ1) is 12.1. The van der Waals surface area contributed by atoms with E-state index in [1.165, 1.54) is 4.90 Å². The zero-order chi connectivity index (χ0) is 17.8. The molecule has 1 amide bonds. The maximum Gasteiger partial charge on any atom is 0.281 e. The molecule has 0 bridgehead atoms. The van der Waals surface area contributed by atoms with Gasteiger partial charge < -0.3 is 10.1 Å². The van der Waals surface area contributed by atoms with Crippen molar-refractivity contribution in [2.24, 2.45) is 0 Å². The van der Waals surface area contributed by atoms with Crippen LogP contribution in [0.25, 0.3) is 6.08 Å². The predicted octanol–water partition coefficient (Wildman–Crippen LogP) is 4.08. The van der Waals surface area contributed by atoms with Gasteiger partial charge >= 0.3 is 0 Å². The monoisotopic (exact) mass is 370 g/mol. The smallest absolute Gasteiger partial charge is 0.281 e. The van der Waals surface area contributed by atoms with Gasteiger partial charge in [0.05, 0.1) is 12.8 Å². The molecule has 0 unspecified atom stereocenters. The van der Waals surface area contributed by atoms with Gasteiger partial charge in [0.15, 0.2) is 5.11 Å². The molecule has 3 rings (SSSR count). The average molecular weight is 371 g/mol. The second-order valence-electron chi connectivity index (χ2n) is 5.24. The van der Waals surface area contributed by atoms with Crippen molar-refractivity contribution in [2.75, 3.05) is 12.0 Å². The van der Waals surface area contributed by atoms with Crippen molar-refractivity contribution in [3.8, 4) is 5.75 Å². The van der Waals surface area contributed by atoms with Crippen LogP contribution in [0.5, 0.6) is 5.75 Å². The maximum atomic E-state index is 12.7. The maximum absolute atomic E-state index is 12.7. The molecule has 2 aromatic rings. The molecule has 0 spiro atoms. The zero-order valence-electron chi connectivity index (χ0n) is 13.4. The summed E-state index contributed by atoms with van der Waals surface area (Å²) in [6.07, 6.45) is 3.34. The summed E-state index contributed by atoms with van der Waals surface area (Å²) in [6, 6.07) is 16.8. The van der Waals surface area contributed by atoms with Crippen LogP contribution >= 0.6 is 23.8 Å². The van der Waals surface area contributed by atoms with Gasteiger partial charge in [0.1, 0.15) is 11.4 Å². The van der Waals surface area contributed by atoms with Gasteiger partial charge in [-0.25, -0.2) is 4.90 Å². The Balaban J connectivity index is 1.90. The third-order valence-electron chi connectivity index (χ3n) is 3.59. The molecule has 4 nitrogen and oxygen atoms in total. The molecule has 25 heavy (non-hydrogen) atoms. The Hall–Kier alpha value is -2.63. The number of halogens is 1. The van der Waals surface area contributed by atoms with Gasteiger partial charge in [0, 0.05) is 5.03 Å². The number of thiocarbonyl (C=S) groups is 1. The largest absolute Gasteiger partial charge is 0.495 e. The minimum atomic E-state index is -0.283. The molecule has 1 fully saturated rings. The first-order valence-electron chi connectivity index (χ1n) is 7.52. The Morgan fingerprint density at radius 2 is 1.84 bits per heavy atom. The fourth-order valence-corrected chi connectivity index (χ4v) is 2.98. The summed E-state index contributed by atoms with van der Waals surface area (Å²) in [4.78, 5) is 14.1. The SMILES string of the molecule is COc1ccccc1N1C(=O)/C(=C\C(Cl)=C\c2ccccc2)NC1=S. The summed E-state index contributed by atoms with van der Waals surface area (Å²) in [5.41, 5.74) is 1.84. The summed E-state index contributed by atoms with van der Waals surface area (Å²) < 4.78 is 5.31. The van der Waals surface area contributed by atoms with Crippen molar-refractivity contribution in [2.45, 2.75) is 0 Å². The predicted molar refractivity (Wildman–Crippen MR) is 105 cm³/mol. The lowest BCUT2D eigenvalue weighted by Crippen LogP contribution is -2.30. The summed E-state index contributed by atoms with van der Waals surface area (Å²) in [5.74, 6) is 0.279. The van der Waals surface area contributed by atoms with Gasteiger partial charge in [-0.15, -0.1) is 0 Å². The van der Waals surface area contributed by atoms with Crippen molar-refractivity contribution in [3.05, 3.63) is 77.0 Å². The van der Waals surface area contributed by atoms with E-state index < -0.39 is 0 Å². The van der Waals surface area contributed by atoms with E-state index in [0.29, 0.717) is 22.2 Å². The number of carbonyl (C=O) groups excluding carboxylic acids is 1. The van der Waals surface area contributed by atoms with E-state index in [1.54, 1.807) is 31.4 Å². The van der Waals surface area contributed by atoms with Crippen LogP contribution in [0.2, 0.25) is 0 Å². The van der Waals surface area contributed by atoms with Gasteiger partial charge in [-0.1, -0.05) is 54.1 Å². The van der Waals surface area contributed by atoms with E-state index in [0.717, 1.165) is 5.56 Å². The second-order valence-corrected chi connectivity index (χ2v) is 6.06. The highest BCUT2D eigenvalue weighted by Crippen LogP contribution is 2.31. The molecule has 126 valence electrons. The van der Waals surface area contributed by atoms with Crippen LogP contribution in [0.4, 0.5) is 5.69 Å². The number of para-hydroxylation sites is 2. The van der Waals surface area contributed by atoms with Crippen LogP contribution in [0.1, 0.15) is 5.56 Å². The number of amides is 1. The summed E-state index contributed by atoms with van der Waals surface area (Å²) in [7, 11) is 1.55. The van der Waals surface area contributed by atoms with Crippen LogP contribution in [0.3, 0.4) is 0 Å².